The molecule has 0 unspecified atom stereocenters. The van der Waals surface area contributed by atoms with E-state index in [-0.39, 0.29) is 5.91 Å². The molecule has 6 nitrogen and oxygen atoms in total. The SMILES string of the molecule is CCn1ccc(CNC(=O)c2ccc3c(c2)ncn3C)n1. The monoisotopic (exact) mass is 283 g/mol. The quantitative estimate of drug-likeness (QED) is 0.793. The molecule has 0 bridgehead atoms. The third-order valence-corrected chi connectivity index (χ3v) is 3.44. The van der Waals surface area contributed by atoms with Gasteiger partial charge >= 0.3 is 0 Å². The number of hydrogen-bond acceptors (Lipinski definition) is 3. The predicted octanol–water partition coefficient (Wildman–Crippen LogP) is 1.72. The maximum Gasteiger partial charge on any atom is 0.251 e. The van der Waals surface area contributed by atoms with Gasteiger partial charge in [0.05, 0.1) is 29.6 Å². The van der Waals surface area contributed by atoms with Gasteiger partial charge in [0.2, 0.25) is 0 Å². The highest BCUT2D eigenvalue weighted by atomic mass is 16.1. The first-order chi connectivity index (χ1) is 10.2. The van der Waals surface area contributed by atoms with Gasteiger partial charge in [-0.15, -0.1) is 0 Å². The van der Waals surface area contributed by atoms with Crippen molar-refractivity contribution in [3.05, 3.63) is 48.0 Å². The van der Waals surface area contributed by atoms with Crippen molar-refractivity contribution >= 4 is 16.9 Å². The Morgan fingerprint density at radius 2 is 2.19 bits per heavy atom. The van der Waals surface area contributed by atoms with E-state index in [1.165, 1.54) is 0 Å². The fourth-order valence-electron chi connectivity index (χ4n) is 2.22. The Bertz CT molecular complexity index is 786. The third kappa shape index (κ3) is 2.65. The molecule has 0 aliphatic rings. The summed E-state index contributed by atoms with van der Waals surface area (Å²) in [5.74, 6) is -0.117. The van der Waals surface area contributed by atoms with Gasteiger partial charge < -0.3 is 9.88 Å². The molecule has 3 rings (SSSR count). The van der Waals surface area contributed by atoms with Crippen LogP contribution in [0.4, 0.5) is 0 Å². The van der Waals surface area contributed by atoms with Crippen molar-refractivity contribution in [2.45, 2.75) is 20.0 Å². The molecule has 6 heteroatoms. The topological polar surface area (TPSA) is 64.7 Å². The Balaban J connectivity index is 1.71. The van der Waals surface area contributed by atoms with Gasteiger partial charge in [0.15, 0.2) is 0 Å². The number of hydrogen-bond donors (Lipinski definition) is 1. The molecule has 2 heterocycles. The van der Waals surface area contributed by atoms with Gasteiger partial charge in [0, 0.05) is 25.4 Å². The minimum atomic E-state index is -0.117. The van der Waals surface area contributed by atoms with E-state index in [9.17, 15) is 4.79 Å². The van der Waals surface area contributed by atoms with E-state index in [1.807, 2.05) is 47.6 Å². The Morgan fingerprint density at radius 3 is 2.95 bits per heavy atom. The number of aryl methyl sites for hydroxylation is 2. The second-order valence-electron chi connectivity index (χ2n) is 4.90. The molecule has 108 valence electrons. The number of carbonyl (C=O) groups excluding carboxylic acids is 1. The lowest BCUT2D eigenvalue weighted by atomic mass is 10.2. The Hall–Kier alpha value is -2.63. The minimum Gasteiger partial charge on any atom is -0.346 e. The van der Waals surface area contributed by atoms with E-state index in [2.05, 4.69) is 15.4 Å². The van der Waals surface area contributed by atoms with E-state index >= 15 is 0 Å². The first kappa shape index (κ1) is 13.4. The standard InChI is InChI=1S/C15H17N5O/c1-3-20-7-6-12(18-20)9-16-15(21)11-4-5-14-13(8-11)17-10-19(14)2/h4-8,10H,3,9H2,1-2H3,(H,16,21). The van der Waals surface area contributed by atoms with Crippen LogP contribution in [0.5, 0.6) is 0 Å². The van der Waals surface area contributed by atoms with Gasteiger partial charge in [0.1, 0.15) is 0 Å². The number of amides is 1. The van der Waals surface area contributed by atoms with E-state index < -0.39 is 0 Å². The summed E-state index contributed by atoms with van der Waals surface area (Å²) in [6.45, 7) is 3.27. The maximum atomic E-state index is 12.2. The Labute approximate surface area is 122 Å². The number of rotatable bonds is 4. The average molecular weight is 283 g/mol. The summed E-state index contributed by atoms with van der Waals surface area (Å²) in [6.07, 6.45) is 3.64. The number of benzene rings is 1. The normalized spacial score (nSPS) is 11.0. The molecular weight excluding hydrogens is 266 g/mol. The van der Waals surface area contributed by atoms with E-state index in [4.69, 9.17) is 0 Å². The highest BCUT2D eigenvalue weighted by molar-refractivity contribution is 5.97. The van der Waals surface area contributed by atoms with Crippen LogP contribution >= 0.6 is 0 Å². The van der Waals surface area contributed by atoms with E-state index in [1.54, 1.807) is 12.4 Å². The Kier molecular flexibility index (Phi) is 3.43. The Morgan fingerprint density at radius 1 is 1.33 bits per heavy atom. The highest BCUT2D eigenvalue weighted by Crippen LogP contribution is 2.13. The van der Waals surface area contributed by atoms with Crippen molar-refractivity contribution < 1.29 is 4.79 Å². The van der Waals surface area contributed by atoms with Gasteiger partial charge in [-0.25, -0.2) is 4.98 Å². The maximum absolute atomic E-state index is 12.2. The van der Waals surface area contributed by atoms with Crippen LogP contribution in [0.3, 0.4) is 0 Å². The van der Waals surface area contributed by atoms with Gasteiger partial charge in [-0.05, 0) is 31.2 Å². The molecule has 1 amide bonds. The van der Waals surface area contributed by atoms with Gasteiger partial charge in [-0.2, -0.15) is 5.10 Å². The number of fused-ring (bicyclic) bond motifs is 1. The van der Waals surface area contributed by atoms with Crippen molar-refractivity contribution in [1.29, 1.82) is 0 Å². The first-order valence-corrected chi connectivity index (χ1v) is 6.89. The van der Waals surface area contributed by atoms with Gasteiger partial charge in [0.25, 0.3) is 5.91 Å². The number of carbonyl (C=O) groups is 1. The van der Waals surface area contributed by atoms with Gasteiger partial charge in [-0.3, -0.25) is 9.48 Å². The lowest BCUT2D eigenvalue weighted by molar-refractivity contribution is 0.0950. The third-order valence-electron chi connectivity index (χ3n) is 3.44. The van der Waals surface area contributed by atoms with Crippen molar-refractivity contribution in [1.82, 2.24) is 24.6 Å². The molecule has 0 fully saturated rings. The van der Waals surface area contributed by atoms with Crippen LogP contribution in [0, 0.1) is 0 Å². The number of imidazole rings is 1. The van der Waals surface area contributed by atoms with Crippen LogP contribution in [0.1, 0.15) is 23.0 Å². The molecule has 3 aromatic rings. The summed E-state index contributed by atoms with van der Waals surface area (Å²) >= 11 is 0. The fourth-order valence-corrected chi connectivity index (χ4v) is 2.22. The number of nitrogens with one attached hydrogen (secondary N) is 1. The highest BCUT2D eigenvalue weighted by Gasteiger charge is 2.09. The summed E-state index contributed by atoms with van der Waals surface area (Å²) < 4.78 is 3.76. The predicted molar refractivity (Wildman–Crippen MR) is 79.8 cm³/mol. The van der Waals surface area contributed by atoms with Crippen molar-refractivity contribution in [3.63, 3.8) is 0 Å². The summed E-state index contributed by atoms with van der Waals surface area (Å²) in [5, 5.41) is 7.21. The van der Waals surface area contributed by atoms with Crippen LogP contribution in [0.2, 0.25) is 0 Å². The zero-order valence-corrected chi connectivity index (χ0v) is 12.1. The second kappa shape index (κ2) is 5.40. The molecule has 0 aliphatic heterocycles. The molecule has 0 radical (unpaired) electrons. The largest absolute Gasteiger partial charge is 0.346 e. The summed E-state index contributed by atoms with van der Waals surface area (Å²) in [6, 6.07) is 7.42. The number of nitrogens with zero attached hydrogens (tertiary/aromatic N) is 4. The summed E-state index contributed by atoms with van der Waals surface area (Å²) in [7, 11) is 1.93. The van der Waals surface area contributed by atoms with Crippen LogP contribution in [0.15, 0.2) is 36.8 Å². The van der Waals surface area contributed by atoms with Crippen LogP contribution in [-0.4, -0.2) is 25.2 Å². The zero-order chi connectivity index (χ0) is 14.8. The summed E-state index contributed by atoms with van der Waals surface area (Å²) in [4.78, 5) is 16.4. The minimum absolute atomic E-state index is 0.117. The number of aromatic nitrogens is 4. The van der Waals surface area contributed by atoms with Crippen LogP contribution in [-0.2, 0) is 20.1 Å². The average Bonchev–Trinajstić information content (AvgIpc) is 3.11. The molecule has 21 heavy (non-hydrogen) atoms. The van der Waals surface area contributed by atoms with Crippen molar-refractivity contribution in [2.24, 2.45) is 7.05 Å². The van der Waals surface area contributed by atoms with Crippen molar-refractivity contribution in [2.75, 3.05) is 0 Å². The van der Waals surface area contributed by atoms with Crippen LogP contribution < -0.4 is 5.32 Å². The summed E-state index contributed by atoms with van der Waals surface area (Å²) in [5.41, 5.74) is 3.29. The fraction of sp³-hybridized carbons (Fsp3) is 0.267. The van der Waals surface area contributed by atoms with Crippen LogP contribution in [0.25, 0.3) is 11.0 Å². The molecule has 0 saturated carbocycles. The molecule has 0 atom stereocenters. The molecule has 1 aromatic carbocycles. The lowest BCUT2D eigenvalue weighted by Gasteiger charge is -2.04. The van der Waals surface area contributed by atoms with E-state index in [0.717, 1.165) is 23.3 Å². The zero-order valence-electron chi connectivity index (χ0n) is 12.1. The second-order valence-corrected chi connectivity index (χ2v) is 4.90. The first-order valence-electron chi connectivity index (χ1n) is 6.89. The molecule has 0 aliphatic carbocycles. The molecule has 0 spiro atoms. The molecule has 0 saturated heterocycles. The van der Waals surface area contributed by atoms with Gasteiger partial charge in [-0.1, -0.05) is 0 Å². The molecule has 2 aromatic heterocycles. The molecule has 1 N–H and O–H groups in total. The lowest BCUT2D eigenvalue weighted by Crippen LogP contribution is -2.23. The van der Waals surface area contributed by atoms with E-state index in [0.29, 0.717) is 12.1 Å². The van der Waals surface area contributed by atoms with Crippen molar-refractivity contribution in [3.8, 4) is 0 Å². The molecular formula is C15H17N5O. The smallest absolute Gasteiger partial charge is 0.251 e.